The second-order valence-corrected chi connectivity index (χ2v) is 5.37. The van der Waals surface area contributed by atoms with Gasteiger partial charge in [-0.3, -0.25) is 0 Å². The average molecular weight is 282 g/mol. The Morgan fingerprint density at radius 3 is 2.90 bits per heavy atom. The Hall–Kier alpha value is -2.36. The van der Waals surface area contributed by atoms with Crippen LogP contribution in [0, 0.1) is 5.82 Å². The highest BCUT2D eigenvalue weighted by molar-refractivity contribution is 5.74. The maximum Gasteiger partial charge on any atom is 0.298 e. The zero-order valence-electron chi connectivity index (χ0n) is 11.5. The van der Waals surface area contributed by atoms with Gasteiger partial charge in [-0.2, -0.15) is 4.98 Å². The number of oxazole rings is 1. The molecule has 0 saturated carbocycles. The molecule has 1 saturated heterocycles. The monoisotopic (exact) mass is 282 g/mol. The molecule has 0 aliphatic carbocycles. The van der Waals surface area contributed by atoms with Gasteiger partial charge in [0.1, 0.15) is 11.3 Å². The molecule has 0 radical (unpaired) electrons. The summed E-state index contributed by atoms with van der Waals surface area (Å²) in [5.41, 5.74) is 2.63. The third-order valence-electron chi connectivity index (χ3n) is 4.01. The van der Waals surface area contributed by atoms with E-state index in [9.17, 15) is 4.39 Å². The lowest BCUT2D eigenvalue weighted by Gasteiger charge is -2.23. The molecule has 21 heavy (non-hydrogen) atoms. The van der Waals surface area contributed by atoms with Gasteiger partial charge in [-0.15, -0.1) is 0 Å². The highest BCUT2D eigenvalue weighted by atomic mass is 19.1. The smallest absolute Gasteiger partial charge is 0.298 e. The van der Waals surface area contributed by atoms with E-state index in [-0.39, 0.29) is 11.9 Å². The summed E-state index contributed by atoms with van der Waals surface area (Å²) in [6.07, 6.45) is 2.04. The minimum atomic E-state index is -0.197. The fraction of sp³-hybridized carbons (Fsp3) is 0.235. The quantitative estimate of drug-likeness (QED) is 0.701. The van der Waals surface area contributed by atoms with Gasteiger partial charge in [-0.1, -0.05) is 24.3 Å². The van der Waals surface area contributed by atoms with Crippen LogP contribution in [0.3, 0.4) is 0 Å². The van der Waals surface area contributed by atoms with Gasteiger partial charge in [0.2, 0.25) is 0 Å². The molecule has 0 unspecified atom stereocenters. The molecular weight excluding hydrogens is 267 g/mol. The Kier molecular flexibility index (Phi) is 2.88. The van der Waals surface area contributed by atoms with E-state index in [1.54, 1.807) is 12.1 Å². The Bertz CT molecular complexity index is 750. The SMILES string of the molecule is Fc1cccc([C@@H]2CCCN2c2nc3ccccc3o2)c1. The van der Waals surface area contributed by atoms with Crippen LogP contribution < -0.4 is 4.90 Å². The van der Waals surface area contributed by atoms with Crippen LogP contribution in [-0.4, -0.2) is 11.5 Å². The van der Waals surface area contributed by atoms with Crippen molar-refractivity contribution in [3.05, 3.63) is 59.9 Å². The molecule has 4 heteroatoms. The van der Waals surface area contributed by atoms with Crippen molar-refractivity contribution in [2.24, 2.45) is 0 Å². The molecule has 1 aliphatic rings. The molecule has 3 nitrogen and oxygen atoms in total. The Labute approximate surface area is 122 Å². The normalized spacial score (nSPS) is 18.5. The minimum absolute atomic E-state index is 0.133. The summed E-state index contributed by atoms with van der Waals surface area (Å²) in [6, 6.07) is 15.3. The number of halogens is 1. The second-order valence-electron chi connectivity index (χ2n) is 5.37. The zero-order valence-corrected chi connectivity index (χ0v) is 11.5. The Morgan fingerprint density at radius 2 is 2.05 bits per heavy atom. The van der Waals surface area contributed by atoms with Crippen molar-refractivity contribution in [3.8, 4) is 0 Å². The summed E-state index contributed by atoms with van der Waals surface area (Å²) in [5.74, 6) is -0.197. The molecule has 2 heterocycles. The van der Waals surface area contributed by atoms with Gasteiger partial charge in [-0.05, 0) is 42.7 Å². The molecule has 1 aliphatic heterocycles. The molecule has 1 atom stereocenters. The van der Waals surface area contributed by atoms with Gasteiger partial charge in [-0.25, -0.2) is 4.39 Å². The number of aromatic nitrogens is 1. The van der Waals surface area contributed by atoms with Gasteiger partial charge in [0.25, 0.3) is 6.01 Å². The first kappa shape index (κ1) is 12.4. The van der Waals surface area contributed by atoms with E-state index in [2.05, 4.69) is 9.88 Å². The highest BCUT2D eigenvalue weighted by Gasteiger charge is 2.29. The fourth-order valence-electron chi connectivity index (χ4n) is 3.04. The van der Waals surface area contributed by atoms with Crippen LogP contribution in [0.4, 0.5) is 10.4 Å². The first-order valence-electron chi connectivity index (χ1n) is 7.19. The molecule has 106 valence electrons. The average Bonchev–Trinajstić information content (AvgIpc) is 3.13. The van der Waals surface area contributed by atoms with Crippen LogP contribution in [0.15, 0.2) is 52.9 Å². The number of hydrogen-bond acceptors (Lipinski definition) is 3. The number of benzene rings is 2. The van der Waals surface area contributed by atoms with E-state index in [1.165, 1.54) is 6.07 Å². The number of para-hydroxylation sites is 2. The number of nitrogens with zero attached hydrogens (tertiary/aromatic N) is 2. The molecule has 2 aromatic carbocycles. The third-order valence-corrected chi connectivity index (χ3v) is 4.01. The zero-order chi connectivity index (χ0) is 14.2. The van der Waals surface area contributed by atoms with Gasteiger partial charge < -0.3 is 9.32 Å². The molecule has 1 aromatic heterocycles. The minimum Gasteiger partial charge on any atom is -0.423 e. The topological polar surface area (TPSA) is 29.3 Å². The molecule has 0 spiro atoms. The predicted octanol–water partition coefficient (Wildman–Crippen LogP) is 4.31. The van der Waals surface area contributed by atoms with Crippen molar-refractivity contribution in [1.82, 2.24) is 4.98 Å². The molecular formula is C17H15FN2O. The third kappa shape index (κ3) is 2.17. The molecule has 4 rings (SSSR count). The maximum absolute atomic E-state index is 13.5. The fourth-order valence-corrected chi connectivity index (χ4v) is 3.04. The van der Waals surface area contributed by atoms with Gasteiger partial charge in [0.15, 0.2) is 5.58 Å². The van der Waals surface area contributed by atoms with Crippen molar-refractivity contribution in [2.45, 2.75) is 18.9 Å². The standard InChI is InChI=1S/C17H15FN2O/c18-13-6-3-5-12(11-13)15-8-4-10-20(15)17-19-14-7-1-2-9-16(14)21-17/h1-3,5-7,9,11,15H,4,8,10H2/t15-/m0/s1. The maximum atomic E-state index is 13.5. The first-order chi connectivity index (χ1) is 10.3. The molecule has 0 bridgehead atoms. The number of fused-ring (bicyclic) bond motifs is 1. The van der Waals surface area contributed by atoms with Crippen molar-refractivity contribution in [3.63, 3.8) is 0 Å². The number of hydrogen-bond donors (Lipinski definition) is 0. The summed E-state index contributed by atoms with van der Waals surface area (Å²) in [5, 5.41) is 0. The van der Waals surface area contributed by atoms with Crippen LogP contribution in [0.1, 0.15) is 24.4 Å². The van der Waals surface area contributed by atoms with Gasteiger partial charge in [0.05, 0.1) is 6.04 Å². The van der Waals surface area contributed by atoms with Crippen LogP contribution >= 0.6 is 0 Å². The number of anilines is 1. The van der Waals surface area contributed by atoms with Gasteiger partial charge in [0, 0.05) is 6.54 Å². The van der Waals surface area contributed by atoms with Crippen molar-refractivity contribution in [1.29, 1.82) is 0 Å². The van der Waals surface area contributed by atoms with Crippen LogP contribution in [0.2, 0.25) is 0 Å². The summed E-state index contributed by atoms with van der Waals surface area (Å²) in [6.45, 7) is 0.883. The highest BCUT2D eigenvalue weighted by Crippen LogP contribution is 2.36. The molecule has 3 aromatic rings. The van der Waals surface area contributed by atoms with Gasteiger partial charge >= 0.3 is 0 Å². The largest absolute Gasteiger partial charge is 0.423 e. The first-order valence-corrected chi connectivity index (χ1v) is 7.19. The van der Waals surface area contributed by atoms with E-state index in [0.29, 0.717) is 6.01 Å². The molecule has 0 amide bonds. The van der Waals surface area contributed by atoms with E-state index in [1.807, 2.05) is 30.3 Å². The summed E-state index contributed by atoms with van der Waals surface area (Å²) >= 11 is 0. The lowest BCUT2D eigenvalue weighted by atomic mass is 10.0. The van der Waals surface area contributed by atoms with E-state index < -0.39 is 0 Å². The van der Waals surface area contributed by atoms with Crippen LogP contribution in [0.5, 0.6) is 0 Å². The van der Waals surface area contributed by atoms with E-state index in [0.717, 1.165) is 36.0 Å². The lowest BCUT2D eigenvalue weighted by Crippen LogP contribution is -2.22. The van der Waals surface area contributed by atoms with Crippen LogP contribution in [0.25, 0.3) is 11.1 Å². The molecule has 0 N–H and O–H groups in total. The van der Waals surface area contributed by atoms with Crippen molar-refractivity contribution in [2.75, 3.05) is 11.4 Å². The number of rotatable bonds is 2. The summed E-state index contributed by atoms with van der Waals surface area (Å²) < 4.78 is 19.3. The predicted molar refractivity (Wildman–Crippen MR) is 79.7 cm³/mol. The summed E-state index contributed by atoms with van der Waals surface area (Å²) in [4.78, 5) is 6.69. The van der Waals surface area contributed by atoms with E-state index in [4.69, 9.17) is 4.42 Å². The van der Waals surface area contributed by atoms with Crippen molar-refractivity contribution >= 4 is 17.1 Å². The Balaban J connectivity index is 1.73. The Morgan fingerprint density at radius 1 is 1.14 bits per heavy atom. The van der Waals surface area contributed by atoms with Crippen LogP contribution in [-0.2, 0) is 0 Å². The second kappa shape index (κ2) is 4.88. The lowest BCUT2D eigenvalue weighted by molar-refractivity contribution is 0.554. The summed E-state index contributed by atoms with van der Waals surface area (Å²) in [7, 11) is 0. The van der Waals surface area contributed by atoms with E-state index >= 15 is 0 Å². The van der Waals surface area contributed by atoms with Crippen molar-refractivity contribution < 1.29 is 8.81 Å². The molecule has 1 fully saturated rings.